The third-order valence-corrected chi connectivity index (χ3v) is 4.13. The van der Waals surface area contributed by atoms with E-state index in [1.165, 1.54) is 32.1 Å². The summed E-state index contributed by atoms with van der Waals surface area (Å²) >= 11 is 0. The Labute approximate surface area is 124 Å². The van der Waals surface area contributed by atoms with Crippen molar-refractivity contribution in [1.82, 2.24) is 5.32 Å². The number of rotatable bonds is 14. The molecule has 120 valence electrons. The third-order valence-electron chi connectivity index (χ3n) is 4.13. The topological polar surface area (TPSA) is 39.7 Å². The SMILES string of the molecule is CCCCOCCOCCOCCC1(CNC)CCC1. The van der Waals surface area contributed by atoms with Gasteiger partial charge in [0, 0.05) is 19.8 Å². The minimum Gasteiger partial charge on any atom is -0.379 e. The minimum absolute atomic E-state index is 0.517. The van der Waals surface area contributed by atoms with Gasteiger partial charge in [-0.2, -0.15) is 0 Å². The first-order valence-corrected chi connectivity index (χ1v) is 8.21. The van der Waals surface area contributed by atoms with Crippen LogP contribution in [0.1, 0.15) is 45.4 Å². The molecule has 1 fully saturated rings. The Bertz CT molecular complexity index is 220. The van der Waals surface area contributed by atoms with E-state index in [-0.39, 0.29) is 0 Å². The van der Waals surface area contributed by atoms with Crippen LogP contribution in [0, 0.1) is 5.41 Å². The van der Waals surface area contributed by atoms with Crippen molar-refractivity contribution in [3.8, 4) is 0 Å². The van der Waals surface area contributed by atoms with E-state index in [9.17, 15) is 0 Å². The molecule has 0 bridgehead atoms. The number of hydrogen-bond acceptors (Lipinski definition) is 4. The summed E-state index contributed by atoms with van der Waals surface area (Å²) < 4.78 is 16.6. The average Bonchev–Trinajstić information content (AvgIpc) is 2.41. The van der Waals surface area contributed by atoms with E-state index >= 15 is 0 Å². The minimum atomic E-state index is 0.517. The summed E-state index contributed by atoms with van der Waals surface area (Å²) in [4.78, 5) is 0. The molecule has 20 heavy (non-hydrogen) atoms. The van der Waals surface area contributed by atoms with Crippen molar-refractivity contribution in [1.29, 1.82) is 0 Å². The van der Waals surface area contributed by atoms with Gasteiger partial charge in [-0.3, -0.25) is 0 Å². The Morgan fingerprint density at radius 2 is 1.50 bits per heavy atom. The zero-order valence-electron chi connectivity index (χ0n) is 13.4. The Morgan fingerprint density at radius 1 is 0.900 bits per heavy atom. The van der Waals surface area contributed by atoms with Crippen LogP contribution in [0.25, 0.3) is 0 Å². The highest BCUT2D eigenvalue weighted by atomic mass is 16.5. The van der Waals surface area contributed by atoms with Crippen LogP contribution in [-0.4, -0.2) is 53.2 Å². The van der Waals surface area contributed by atoms with E-state index in [0.717, 1.165) is 26.2 Å². The molecule has 1 N–H and O–H groups in total. The first-order chi connectivity index (χ1) is 9.83. The normalized spacial score (nSPS) is 17.1. The van der Waals surface area contributed by atoms with Gasteiger partial charge in [0.2, 0.25) is 0 Å². The molecule has 0 aliphatic heterocycles. The highest BCUT2D eigenvalue weighted by Gasteiger charge is 2.35. The number of unbranched alkanes of at least 4 members (excludes halogenated alkanes) is 1. The summed E-state index contributed by atoms with van der Waals surface area (Å²) in [5.41, 5.74) is 0.517. The lowest BCUT2D eigenvalue weighted by Crippen LogP contribution is -2.39. The van der Waals surface area contributed by atoms with Crippen molar-refractivity contribution in [2.75, 3.05) is 53.2 Å². The highest BCUT2D eigenvalue weighted by molar-refractivity contribution is 4.88. The van der Waals surface area contributed by atoms with Crippen LogP contribution in [0.15, 0.2) is 0 Å². The van der Waals surface area contributed by atoms with E-state index in [2.05, 4.69) is 12.2 Å². The van der Waals surface area contributed by atoms with E-state index < -0.39 is 0 Å². The largest absolute Gasteiger partial charge is 0.379 e. The van der Waals surface area contributed by atoms with Crippen LogP contribution in [-0.2, 0) is 14.2 Å². The molecule has 1 saturated carbocycles. The highest BCUT2D eigenvalue weighted by Crippen LogP contribution is 2.43. The fourth-order valence-corrected chi connectivity index (χ4v) is 2.64. The van der Waals surface area contributed by atoms with E-state index in [1.807, 2.05) is 7.05 Å². The van der Waals surface area contributed by atoms with Crippen LogP contribution in [0.3, 0.4) is 0 Å². The van der Waals surface area contributed by atoms with Gasteiger partial charge in [-0.05, 0) is 38.1 Å². The first-order valence-electron chi connectivity index (χ1n) is 8.21. The molecule has 0 heterocycles. The predicted octanol–water partition coefficient (Wildman–Crippen LogP) is 2.62. The molecule has 0 spiro atoms. The molecule has 0 saturated heterocycles. The number of ether oxygens (including phenoxy) is 3. The molecule has 1 rings (SSSR count). The molecule has 4 heteroatoms. The van der Waals surface area contributed by atoms with Crippen molar-refractivity contribution >= 4 is 0 Å². The first kappa shape index (κ1) is 17.9. The quantitative estimate of drug-likeness (QED) is 0.499. The molecule has 0 aromatic carbocycles. The van der Waals surface area contributed by atoms with Crippen molar-refractivity contribution in [3.63, 3.8) is 0 Å². The third kappa shape index (κ3) is 7.58. The summed E-state index contributed by atoms with van der Waals surface area (Å²) in [6, 6.07) is 0. The van der Waals surface area contributed by atoms with Gasteiger partial charge < -0.3 is 19.5 Å². The van der Waals surface area contributed by atoms with Crippen LogP contribution in [0.4, 0.5) is 0 Å². The maximum atomic E-state index is 5.66. The molecule has 1 aliphatic rings. The molecule has 0 atom stereocenters. The van der Waals surface area contributed by atoms with E-state index in [1.54, 1.807) is 0 Å². The van der Waals surface area contributed by atoms with Crippen LogP contribution < -0.4 is 5.32 Å². The summed E-state index contributed by atoms with van der Waals surface area (Å²) in [5, 5.41) is 3.31. The van der Waals surface area contributed by atoms with Gasteiger partial charge >= 0.3 is 0 Å². The second kappa shape index (κ2) is 11.5. The smallest absolute Gasteiger partial charge is 0.0701 e. The summed E-state index contributed by atoms with van der Waals surface area (Å²) in [5.74, 6) is 0. The van der Waals surface area contributed by atoms with Gasteiger partial charge in [0.25, 0.3) is 0 Å². The Kier molecular flexibility index (Phi) is 10.3. The molecule has 0 aromatic rings. The molecule has 0 aromatic heterocycles. The van der Waals surface area contributed by atoms with E-state index in [0.29, 0.717) is 31.8 Å². The van der Waals surface area contributed by atoms with Gasteiger partial charge in [0.05, 0.1) is 26.4 Å². The monoisotopic (exact) mass is 287 g/mol. The maximum Gasteiger partial charge on any atom is 0.0701 e. The van der Waals surface area contributed by atoms with Crippen molar-refractivity contribution in [2.24, 2.45) is 5.41 Å². The molecule has 0 unspecified atom stereocenters. The zero-order chi connectivity index (χ0) is 14.5. The van der Waals surface area contributed by atoms with Crippen LogP contribution in [0.5, 0.6) is 0 Å². The lowest BCUT2D eigenvalue weighted by molar-refractivity contribution is 0.000229. The Morgan fingerprint density at radius 3 is 2.00 bits per heavy atom. The average molecular weight is 287 g/mol. The molecule has 1 aliphatic carbocycles. The zero-order valence-corrected chi connectivity index (χ0v) is 13.4. The lowest BCUT2D eigenvalue weighted by atomic mass is 9.67. The summed E-state index contributed by atoms with van der Waals surface area (Å²) in [7, 11) is 2.04. The Balaban J connectivity index is 1.80. The van der Waals surface area contributed by atoms with Gasteiger partial charge in [0.15, 0.2) is 0 Å². The summed E-state index contributed by atoms with van der Waals surface area (Å²) in [6.45, 7) is 7.76. The van der Waals surface area contributed by atoms with Gasteiger partial charge in [-0.15, -0.1) is 0 Å². The fourth-order valence-electron chi connectivity index (χ4n) is 2.64. The molecular formula is C16H33NO3. The molecule has 0 radical (unpaired) electrons. The van der Waals surface area contributed by atoms with Crippen molar-refractivity contribution < 1.29 is 14.2 Å². The number of hydrogen-bond donors (Lipinski definition) is 1. The Hall–Kier alpha value is -0.160. The number of nitrogens with one attached hydrogen (secondary N) is 1. The predicted molar refractivity (Wildman–Crippen MR) is 82.2 cm³/mol. The van der Waals surface area contributed by atoms with Gasteiger partial charge in [-0.1, -0.05) is 19.8 Å². The van der Waals surface area contributed by atoms with Crippen molar-refractivity contribution in [3.05, 3.63) is 0 Å². The molecule has 4 nitrogen and oxygen atoms in total. The second-order valence-corrected chi connectivity index (χ2v) is 5.82. The standard InChI is InChI=1S/C16H33NO3/c1-3-4-9-18-11-13-20-14-12-19-10-8-16(15-17-2)6-5-7-16/h17H,3-15H2,1-2H3. The van der Waals surface area contributed by atoms with Gasteiger partial charge in [0.1, 0.15) is 0 Å². The summed E-state index contributed by atoms with van der Waals surface area (Å²) in [6.07, 6.45) is 7.57. The van der Waals surface area contributed by atoms with Crippen LogP contribution in [0.2, 0.25) is 0 Å². The molecular weight excluding hydrogens is 254 g/mol. The molecule has 0 amide bonds. The maximum absolute atomic E-state index is 5.66. The lowest BCUT2D eigenvalue weighted by Gasteiger charge is -2.42. The van der Waals surface area contributed by atoms with Crippen LogP contribution >= 0.6 is 0 Å². The van der Waals surface area contributed by atoms with E-state index in [4.69, 9.17) is 14.2 Å². The van der Waals surface area contributed by atoms with Crippen molar-refractivity contribution in [2.45, 2.75) is 45.4 Å². The van der Waals surface area contributed by atoms with Gasteiger partial charge in [-0.25, -0.2) is 0 Å². The fraction of sp³-hybridized carbons (Fsp3) is 1.00. The second-order valence-electron chi connectivity index (χ2n) is 5.82.